The zero-order valence-corrected chi connectivity index (χ0v) is 21.2. The van der Waals surface area contributed by atoms with Crippen molar-refractivity contribution in [3.63, 3.8) is 0 Å². The molecule has 0 fully saturated rings. The van der Waals surface area contributed by atoms with Crippen molar-refractivity contribution in [2.75, 3.05) is 0 Å². The van der Waals surface area contributed by atoms with Crippen LogP contribution in [0.1, 0.15) is 91.7 Å². The van der Waals surface area contributed by atoms with Crippen LogP contribution < -0.4 is 0 Å². The first-order chi connectivity index (χ1) is 16.7. The summed E-state index contributed by atoms with van der Waals surface area (Å²) in [5, 5.41) is 1.22. The molecule has 0 unspecified atom stereocenters. The Morgan fingerprint density at radius 2 is 1.24 bits per heavy atom. The first-order valence-electron chi connectivity index (χ1n) is 13.2. The summed E-state index contributed by atoms with van der Waals surface area (Å²) in [4.78, 5) is 4.89. The van der Waals surface area contributed by atoms with Crippen molar-refractivity contribution >= 4 is 10.9 Å². The van der Waals surface area contributed by atoms with Crippen molar-refractivity contribution < 1.29 is 0 Å². The van der Waals surface area contributed by atoms with E-state index in [0.29, 0.717) is 0 Å². The molecule has 0 saturated carbocycles. The molecule has 1 heterocycles. The molecule has 4 aromatic rings. The van der Waals surface area contributed by atoms with Gasteiger partial charge in [-0.2, -0.15) is 0 Å². The van der Waals surface area contributed by atoms with E-state index in [0.717, 1.165) is 5.52 Å². The zero-order chi connectivity index (χ0) is 23.8. The fourth-order valence-electron chi connectivity index (χ4n) is 4.99. The molecule has 1 aromatic heterocycles. The van der Waals surface area contributed by atoms with Crippen LogP contribution in [-0.2, 0) is 12.8 Å². The van der Waals surface area contributed by atoms with Gasteiger partial charge in [-0.1, -0.05) is 106 Å². The second kappa shape index (κ2) is 12.0. The van der Waals surface area contributed by atoms with Gasteiger partial charge in [0.05, 0.1) is 5.52 Å². The van der Waals surface area contributed by atoms with Crippen LogP contribution in [0.4, 0.5) is 0 Å². The summed E-state index contributed by atoms with van der Waals surface area (Å²) in [5.74, 6) is 0.174. The zero-order valence-electron chi connectivity index (χ0n) is 21.2. The molecule has 0 saturated heterocycles. The summed E-state index contributed by atoms with van der Waals surface area (Å²) < 4.78 is 0. The smallest absolute Gasteiger partial charge is 0.0743 e. The Balaban J connectivity index is 1.72. The Kier molecular flexibility index (Phi) is 8.52. The third-order valence-corrected chi connectivity index (χ3v) is 6.95. The minimum Gasteiger partial charge on any atom is -0.256 e. The molecule has 0 atom stereocenters. The van der Waals surface area contributed by atoms with Crippen molar-refractivity contribution in [2.24, 2.45) is 0 Å². The molecular formula is C33H39N. The number of rotatable bonds is 11. The fourth-order valence-corrected chi connectivity index (χ4v) is 4.99. The van der Waals surface area contributed by atoms with Gasteiger partial charge in [-0.3, -0.25) is 4.98 Å². The van der Waals surface area contributed by atoms with E-state index in [1.54, 1.807) is 0 Å². The van der Waals surface area contributed by atoms with Gasteiger partial charge in [0.15, 0.2) is 0 Å². The third-order valence-electron chi connectivity index (χ3n) is 6.95. The fraction of sp³-hybridized carbons (Fsp3) is 0.364. The average Bonchev–Trinajstić information content (AvgIpc) is 2.86. The monoisotopic (exact) mass is 449 g/mol. The molecule has 0 amide bonds. The Bertz CT molecular complexity index is 1120. The van der Waals surface area contributed by atoms with Crippen molar-refractivity contribution in [2.45, 2.75) is 78.1 Å². The van der Waals surface area contributed by atoms with E-state index in [1.807, 2.05) is 6.20 Å². The second-order valence-corrected chi connectivity index (χ2v) is 9.76. The maximum atomic E-state index is 4.89. The Labute approximate surface area is 206 Å². The lowest BCUT2D eigenvalue weighted by atomic mass is 9.83. The number of aryl methyl sites for hydroxylation is 3. The molecule has 0 spiro atoms. The normalized spacial score (nSPS) is 11.4. The number of aromatic nitrogens is 1. The van der Waals surface area contributed by atoms with Crippen LogP contribution in [0, 0.1) is 6.92 Å². The predicted octanol–water partition coefficient (Wildman–Crippen LogP) is 9.19. The van der Waals surface area contributed by atoms with Gasteiger partial charge in [-0.15, -0.1) is 0 Å². The third kappa shape index (κ3) is 5.95. The Morgan fingerprint density at radius 3 is 1.76 bits per heavy atom. The molecule has 176 valence electrons. The summed E-state index contributed by atoms with van der Waals surface area (Å²) >= 11 is 0. The van der Waals surface area contributed by atoms with Crippen molar-refractivity contribution in [3.8, 4) is 0 Å². The largest absolute Gasteiger partial charge is 0.256 e. The standard InChI is InChI=1S/C33H39N/c1-4-6-8-11-26-15-19-28(20-16-26)32(29-21-17-27(18-22-29)12-9-7-5-2)31-14-10-13-30-23-25(3)24-34-33(30)31/h10,13-24,32H,4-9,11-12H2,1-3H3. The highest BCUT2D eigenvalue weighted by Gasteiger charge is 2.20. The summed E-state index contributed by atoms with van der Waals surface area (Å²) in [6, 6.07) is 27.6. The molecule has 4 rings (SSSR count). The molecule has 34 heavy (non-hydrogen) atoms. The number of hydrogen-bond acceptors (Lipinski definition) is 1. The molecule has 0 aliphatic carbocycles. The van der Waals surface area contributed by atoms with E-state index in [-0.39, 0.29) is 5.92 Å². The van der Waals surface area contributed by atoms with E-state index in [2.05, 4.69) is 93.6 Å². The molecule has 0 bridgehead atoms. The highest BCUT2D eigenvalue weighted by molar-refractivity contribution is 5.83. The van der Waals surface area contributed by atoms with Crippen molar-refractivity contribution in [1.82, 2.24) is 4.98 Å². The Hall–Kier alpha value is -2.93. The van der Waals surface area contributed by atoms with E-state index in [1.165, 1.54) is 90.1 Å². The molecule has 0 N–H and O–H groups in total. The number of pyridine rings is 1. The van der Waals surface area contributed by atoms with Crippen molar-refractivity contribution in [1.29, 1.82) is 0 Å². The van der Waals surface area contributed by atoms with Gasteiger partial charge < -0.3 is 0 Å². The highest BCUT2D eigenvalue weighted by Crippen LogP contribution is 2.36. The number of fused-ring (bicyclic) bond motifs is 1. The van der Waals surface area contributed by atoms with Gasteiger partial charge in [0.25, 0.3) is 0 Å². The average molecular weight is 450 g/mol. The molecule has 3 aromatic carbocycles. The lowest BCUT2D eigenvalue weighted by Gasteiger charge is -2.21. The van der Waals surface area contributed by atoms with Gasteiger partial charge in [-0.25, -0.2) is 0 Å². The van der Waals surface area contributed by atoms with E-state index in [4.69, 9.17) is 4.98 Å². The predicted molar refractivity (Wildman–Crippen MR) is 147 cm³/mol. The van der Waals surface area contributed by atoms with Crippen LogP contribution in [0.15, 0.2) is 79.0 Å². The van der Waals surface area contributed by atoms with Gasteiger partial charge in [0.2, 0.25) is 0 Å². The number of unbranched alkanes of at least 4 members (excludes halogenated alkanes) is 4. The minimum absolute atomic E-state index is 0.174. The summed E-state index contributed by atoms with van der Waals surface area (Å²) in [5.41, 5.74) is 9.16. The maximum absolute atomic E-state index is 4.89. The second-order valence-electron chi connectivity index (χ2n) is 9.76. The van der Waals surface area contributed by atoms with Crippen LogP contribution in [0.3, 0.4) is 0 Å². The maximum Gasteiger partial charge on any atom is 0.0743 e. The number of para-hydroxylation sites is 1. The van der Waals surface area contributed by atoms with Crippen LogP contribution in [0.5, 0.6) is 0 Å². The molecule has 0 aliphatic rings. The SMILES string of the molecule is CCCCCc1ccc(C(c2ccc(CCCCC)cc2)c2cccc3cc(C)cnc23)cc1. The van der Waals surface area contributed by atoms with E-state index in [9.17, 15) is 0 Å². The number of hydrogen-bond donors (Lipinski definition) is 0. The summed E-state index contributed by atoms with van der Waals surface area (Å²) in [7, 11) is 0. The van der Waals surface area contributed by atoms with Crippen LogP contribution in [0.2, 0.25) is 0 Å². The number of nitrogens with zero attached hydrogens (tertiary/aromatic N) is 1. The Morgan fingerprint density at radius 1 is 0.676 bits per heavy atom. The van der Waals surface area contributed by atoms with Crippen LogP contribution in [0.25, 0.3) is 10.9 Å². The molecule has 0 aliphatic heterocycles. The molecule has 1 nitrogen and oxygen atoms in total. The van der Waals surface area contributed by atoms with Gasteiger partial charge in [0, 0.05) is 17.5 Å². The van der Waals surface area contributed by atoms with E-state index >= 15 is 0 Å². The summed E-state index contributed by atoms with van der Waals surface area (Å²) in [6.07, 6.45) is 12.0. The topological polar surface area (TPSA) is 12.9 Å². The van der Waals surface area contributed by atoms with E-state index < -0.39 is 0 Å². The molecular weight excluding hydrogens is 410 g/mol. The quantitative estimate of drug-likeness (QED) is 0.164. The highest BCUT2D eigenvalue weighted by atomic mass is 14.7. The first-order valence-corrected chi connectivity index (χ1v) is 13.2. The minimum atomic E-state index is 0.174. The summed E-state index contributed by atoms with van der Waals surface area (Å²) in [6.45, 7) is 6.65. The van der Waals surface area contributed by atoms with Gasteiger partial charge >= 0.3 is 0 Å². The van der Waals surface area contributed by atoms with Crippen LogP contribution in [-0.4, -0.2) is 4.98 Å². The van der Waals surface area contributed by atoms with Crippen molar-refractivity contribution in [3.05, 3.63) is 112 Å². The lowest BCUT2D eigenvalue weighted by molar-refractivity contribution is 0.717. The van der Waals surface area contributed by atoms with Gasteiger partial charge in [0.1, 0.15) is 0 Å². The number of benzene rings is 3. The first kappa shape index (κ1) is 24.2. The molecule has 0 radical (unpaired) electrons. The molecule has 1 heteroatoms. The van der Waals surface area contributed by atoms with Crippen LogP contribution >= 0.6 is 0 Å². The van der Waals surface area contributed by atoms with Gasteiger partial charge in [-0.05, 0) is 72.1 Å². The lowest BCUT2D eigenvalue weighted by Crippen LogP contribution is -2.06.